The van der Waals surface area contributed by atoms with Gasteiger partial charge < -0.3 is 26.7 Å². The van der Waals surface area contributed by atoms with E-state index in [-0.39, 0.29) is 80.9 Å². The molecule has 0 N–H and O–H groups in total. The molecule has 0 fully saturated rings. The summed E-state index contributed by atoms with van der Waals surface area (Å²) < 4.78 is 37.3. The van der Waals surface area contributed by atoms with Gasteiger partial charge in [-0.3, -0.25) is 20.2 Å². The van der Waals surface area contributed by atoms with E-state index >= 15 is 0 Å². The maximum absolute atomic E-state index is 11.1. The van der Waals surface area contributed by atoms with E-state index in [1.54, 1.807) is 48.6 Å². The van der Waals surface area contributed by atoms with Gasteiger partial charge in [0.2, 0.25) is 0 Å². The number of benzene rings is 4. The largest absolute Gasteiger partial charge is 1.00 e. The Labute approximate surface area is 302 Å². The summed E-state index contributed by atoms with van der Waals surface area (Å²) >= 11 is 4.15. The average Bonchev–Trinajstić information content (AvgIpc) is 2.98. The second-order valence-corrected chi connectivity index (χ2v) is 9.60. The van der Waals surface area contributed by atoms with Crippen molar-refractivity contribution >= 4 is 58.7 Å². The molecule has 0 aromatic heterocycles. The van der Waals surface area contributed by atoms with Crippen molar-refractivity contribution in [2.24, 2.45) is 0 Å². The van der Waals surface area contributed by atoms with Crippen LogP contribution in [-0.2, 0) is 32.4 Å². The van der Waals surface area contributed by atoms with Gasteiger partial charge in [0.25, 0.3) is 11.4 Å². The minimum Gasteiger partial charge on any atom is -0.744 e. The minimum atomic E-state index is -4.55. The molecule has 0 aliphatic carbocycles. The zero-order valence-corrected chi connectivity index (χ0v) is 29.0. The number of nitro groups is 2. The van der Waals surface area contributed by atoms with Gasteiger partial charge in [0.15, 0.2) is 5.75 Å². The molecule has 44 heavy (non-hydrogen) atoms. The van der Waals surface area contributed by atoms with Crippen molar-refractivity contribution in [1.82, 2.24) is 0 Å². The van der Waals surface area contributed by atoms with E-state index in [9.17, 15) is 33.2 Å². The topological polar surface area (TPSA) is 171 Å². The summed E-state index contributed by atoms with van der Waals surface area (Å²) in [5, 5.41) is 25.4. The number of non-ortho nitro benzene ring substituents is 2. The molecule has 0 atom stereocenters. The predicted molar refractivity (Wildman–Crippen MR) is 155 cm³/mol. The molecule has 4 rings (SSSR count). The van der Waals surface area contributed by atoms with Crippen LogP contribution in [0.1, 0.15) is 22.3 Å². The Morgan fingerprint density at radius 2 is 1.07 bits per heavy atom. The van der Waals surface area contributed by atoms with E-state index in [0.717, 1.165) is 11.1 Å². The van der Waals surface area contributed by atoms with Crippen molar-refractivity contribution in [2.45, 2.75) is 4.90 Å². The Morgan fingerprint density at radius 3 is 1.52 bits per heavy atom. The van der Waals surface area contributed by atoms with Gasteiger partial charge in [-0.2, -0.15) is 0 Å². The van der Waals surface area contributed by atoms with Gasteiger partial charge in [-0.15, -0.1) is 0 Å². The molecule has 4 aromatic carbocycles. The van der Waals surface area contributed by atoms with Crippen molar-refractivity contribution in [3.8, 4) is 5.75 Å². The van der Waals surface area contributed by atoms with E-state index in [1.165, 1.54) is 60.7 Å². The van der Waals surface area contributed by atoms with Gasteiger partial charge in [0.1, 0.15) is 10.1 Å². The fraction of sp³-hybridized carbons (Fsp3) is 0. The Balaban J connectivity index is 0.000000421. The first kappa shape index (κ1) is 39.2. The van der Waals surface area contributed by atoms with Gasteiger partial charge in [-0.1, -0.05) is 60.7 Å². The quantitative estimate of drug-likeness (QED) is 0.0434. The molecule has 4 aromatic rings. The van der Waals surface area contributed by atoms with Gasteiger partial charge in [-0.25, -0.2) is 8.42 Å². The monoisotopic (exact) mass is 654 g/mol. The summed E-state index contributed by atoms with van der Waals surface area (Å²) in [6.07, 6.45) is 6.63. The Hall–Kier alpha value is -2.86. The maximum atomic E-state index is 11.1. The Morgan fingerprint density at radius 1 is 0.636 bits per heavy atom. The minimum absolute atomic E-state index is 0. The first-order valence-electron chi connectivity index (χ1n) is 11.7. The van der Waals surface area contributed by atoms with Crippen LogP contribution < -0.4 is 64.0 Å². The van der Waals surface area contributed by atoms with E-state index in [1.807, 2.05) is 12.1 Å². The molecule has 0 saturated carbocycles. The molecule has 0 aliphatic rings. The van der Waals surface area contributed by atoms with E-state index in [2.05, 4.69) is 22.3 Å². The van der Waals surface area contributed by atoms with Crippen LogP contribution >= 0.6 is 0 Å². The summed E-state index contributed by atoms with van der Waals surface area (Å²) in [5.41, 5.74) is 2.49. The standard InChI is InChI=1S/2C14H11NO5S.2Na/c16-15(17)13-9-6-11(7-10-13)5-8-12-3-1-2-4-14(12)21(18,19)20;16-15(17)13-9-6-11(7-10-13)5-8-12-3-1-2-4-14(12)18-19-20-21;;/h1-10H,(H,18,19,20);1-10,21H;;/q;;2*+1/p-2/b8-5-;8-5+;;. The summed E-state index contributed by atoms with van der Waals surface area (Å²) in [4.78, 5) is 24.7. The molecular formula is C28H20N2Na2O10S2. The van der Waals surface area contributed by atoms with Crippen LogP contribution in [0, 0.1) is 20.2 Å². The molecule has 16 heteroatoms. The van der Waals surface area contributed by atoms with E-state index < -0.39 is 20.0 Å². The summed E-state index contributed by atoms with van der Waals surface area (Å²) in [7, 11) is -4.55. The second kappa shape index (κ2) is 19.5. The molecule has 0 saturated heterocycles. The number of nitro benzene ring substituents is 2. The van der Waals surface area contributed by atoms with Crippen LogP contribution in [0.3, 0.4) is 0 Å². The third-order valence-corrected chi connectivity index (χ3v) is 6.34. The molecule has 0 unspecified atom stereocenters. The molecule has 0 spiro atoms. The molecule has 216 valence electrons. The van der Waals surface area contributed by atoms with Crippen LogP contribution in [0.4, 0.5) is 11.4 Å². The molecule has 0 radical (unpaired) electrons. The van der Waals surface area contributed by atoms with E-state index in [0.29, 0.717) is 11.3 Å². The number of hydrogen-bond acceptors (Lipinski definition) is 11. The summed E-state index contributed by atoms with van der Waals surface area (Å²) in [6, 6.07) is 24.9. The molecule has 0 amide bonds. The summed E-state index contributed by atoms with van der Waals surface area (Å²) in [6.45, 7) is 0. The first-order chi connectivity index (χ1) is 20.1. The van der Waals surface area contributed by atoms with Gasteiger partial charge in [0, 0.05) is 29.8 Å². The van der Waals surface area contributed by atoms with Gasteiger partial charge >= 0.3 is 59.1 Å². The van der Waals surface area contributed by atoms with Crippen LogP contribution in [0.15, 0.2) is 102 Å². The van der Waals surface area contributed by atoms with Crippen molar-refractivity contribution in [1.29, 1.82) is 0 Å². The fourth-order valence-corrected chi connectivity index (χ4v) is 4.07. The molecule has 0 bridgehead atoms. The number of hydrogen-bond donors (Lipinski definition) is 0. The number of rotatable bonds is 10. The van der Waals surface area contributed by atoms with Crippen LogP contribution in [0.2, 0.25) is 0 Å². The van der Waals surface area contributed by atoms with Crippen molar-refractivity contribution < 1.29 is 96.2 Å². The molecular weight excluding hydrogens is 634 g/mol. The van der Waals surface area contributed by atoms with Crippen LogP contribution in [0.5, 0.6) is 5.75 Å². The Kier molecular flexibility index (Phi) is 17.4. The third-order valence-electron chi connectivity index (χ3n) is 5.38. The predicted octanol–water partition coefficient (Wildman–Crippen LogP) is 0.146. The first-order valence-corrected chi connectivity index (χ1v) is 13.4. The average molecular weight is 655 g/mol. The smallest absolute Gasteiger partial charge is 0.744 e. The van der Waals surface area contributed by atoms with Crippen molar-refractivity contribution in [3.05, 3.63) is 140 Å². The van der Waals surface area contributed by atoms with Crippen LogP contribution in [-0.4, -0.2) is 22.8 Å². The zero-order chi connectivity index (χ0) is 30.5. The van der Waals surface area contributed by atoms with Gasteiger partial charge in [0.05, 0.1) is 14.7 Å². The maximum Gasteiger partial charge on any atom is 1.00 e. The zero-order valence-electron chi connectivity index (χ0n) is 23.3. The van der Waals surface area contributed by atoms with Crippen molar-refractivity contribution in [3.63, 3.8) is 0 Å². The van der Waals surface area contributed by atoms with E-state index in [4.69, 9.17) is 4.89 Å². The third kappa shape index (κ3) is 12.6. The fourth-order valence-electron chi connectivity index (χ4n) is 3.38. The number of nitrogens with zero attached hydrogens (tertiary/aromatic N) is 2. The van der Waals surface area contributed by atoms with Crippen molar-refractivity contribution in [2.75, 3.05) is 0 Å². The molecule has 0 aliphatic heterocycles. The SMILES string of the molecule is O=[N+]([O-])c1ccc(/C=C/c2ccccc2OOO[S-])cc1.O=[N+]([O-])c1ccc(/C=C\c2ccccc2S(=O)(=O)[O-])cc1.[Na+].[Na+]. The summed E-state index contributed by atoms with van der Waals surface area (Å²) in [5.74, 6) is 0.431. The van der Waals surface area contributed by atoms with Crippen LogP contribution in [0.25, 0.3) is 24.3 Å². The van der Waals surface area contributed by atoms with Gasteiger partial charge in [-0.05, 0) is 58.1 Å². The number of para-hydroxylation sites is 1. The Bertz CT molecular complexity index is 1700. The molecule has 0 heterocycles. The molecule has 12 nitrogen and oxygen atoms in total. The second-order valence-electron chi connectivity index (χ2n) is 8.11. The normalized spacial score (nSPS) is 10.7.